The summed E-state index contributed by atoms with van der Waals surface area (Å²) in [4.78, 5) is 10.8. The van der Waals surface area contributed by atoms with Crippen LogP contribution in [0, 0.1) is 11.8 Å². The number of nitrogen functional groups attached to an aromatic ring is 1. The molecular weight excluding hydrogens is 408 g/mol. The van der Waals surface area contributed by atoms with Gasteiger partial charge in [0, 0.05) is 30.8 Å². The molecule has 0 aliphatic carbocycles. The lowest BCUT2D eigenvalue weighted by Crippen LogP contribution is -2.32. The van der Waals surface area contributed by atoms with Gasteiger partial charge in [0.2, 0.25) is 0 Å². The number of nitrogens with zero attached hydrogens (tertiary/aromatic N) is 5. The molecule has 0 amide bonds. The van der Waals surface area contributed by atoms with Crippen LogP contribution in [0.15, 0.2) is 37.2 Å². The van der Waals surface area contributed by atoms with Gasteiger partial charge in [-0.15, -0.1) is 6.58 Å². The number of hydrogen-bond acceptors (Lipinski definition) is 8. The predicted octanol–water partition coefficient (Wildman–Crippen LogP) is 1.62. The van der Waals surface area contributed by atoms with Gasteiger partial charge in [-0.25, -0.2) is 14.6 Å². The van der Waals surface area contributed by atoms with Crippen LogP contribution in [0.4, 0.5) is 5.82 Å². The molecule has 0 radical (unpaired) electrons. The van der Waals surface area contributed by atoms with E-state index in [1.54, 1.807) is 20.3 Å². The number of fused-ring (bicyclic) bond motifs is 1. The maximum Gasteiger partial charge on any atom is 0.164 e. The number of methoxy groups -OCH3 is 2. The van der Waals surface area contributed by atoms with Gasteiger partial charge >= 0.3 is 0 Å². The normalized spacial score (nSPS) is 18.3. The van der Waals surface area contributed by atoms with Crippen molar-refractivity contribution >= 4 is 16.9 Å². The first kappa shape index (κ1) is 21.6. The molecular formula is C23H26N6O3. The number of rotatable bonds is 6. The Balaban J connectivity index is 1.75. The topological polar surface area (TPSA) is 112 Å². The second-order valence-electron chi connectivity index (χ2n) is 7.57. The number of hydrogen-bond donors (Lipinski definition) is 2. The maximum absolute atomic E-state index is 9.79. The number of aliphatic hydroxyl groups excluding tert-OH is 1. The minimum absolute atomic E-state index is 0.0244. The zero-order valence-electron chi connectivity index (χ0n) is 18.2. The Bertz CT molecular complexity index is 1170. The van der Waals surface area contributed by atoms with Gasteiger partial charge in [-0.2, -0.15) is 5.10 Å². The summed E-state index contributed by atoms with van der Waals surface area (Å²) in [6, 6.07) is 5.50. The monoisotopic (exact) mass is 434 g/mol. The fourth-order valence-electron chi connectivity index (χ4n) is 4.06. The molecule has 0 unspecified atom stereocenters. The Kier molecular flexibility index (Phi) is 6.25. The van der Waals surface area contributed by atoms with E-state index in [2.05, 4.69) is 33.3 Å². The van der Waals surface area contributed by atoms with Crippen molar-refractivity contribution in [3.05, 3.63) is 48.4 Å². The summed E-state index contributed by atoms with van der Waals surface area (Å²) in [5.41, 5.74) is 8.04. The first-order valence-electron chi connectivity index (χ1n) is 10.3. The zero-order valence-corrected chi connectivity index (χ0v) is 18.2. The van der Waals surface area contributed by atoms with E-state index in [4.69, 9.17) is 20.3 Å². The second-order valence-corrected chi connectivity index (χ2v) is 7.57. The minimum atomic E-state index is 0.0244. The standard InChI is InChI=1S/C23H26N6O3/c1-4-7-28-12-16(10-17(28)13-30)29-23-21(22(24)25-14-26-23)20(27-29)6-5-15-8-18(31-2)11-19(9-15)32-3/h4,8-9,11,14,16-17,30H,1,7,10,12-13H2,2-3H3,(H2,24,25,26)/t16-,17-/m0/s1. The largest absolute Gasteiger partial charge is 0.497 e. The highest BCUT2D eigenvalue weighted by atomic mass is 16.5. The van der Waals surface area contributed by atoms with Crippen molar-refractivity contribution in [1.82, 2.24) is 24.6 Å². The smallest absolute Gasteiger partial charge is 0.164 e. The molecule has 166 valence electrons. The Morgan fingerprint density at radius 1 is 1.22 bits per heavy atom. The van der Waals surface area contributed by atoms with E-state index < -0.39 is 0 Å². The molecule has 0 bridgehead atoms. The fourth-order valence-corrected chi connectivity index (χ4v) is 4.06. The number of likely N-dealkylation sites (tertiary alicyclic amines) is 1. The van der Waals surface area contributed by atoms with Crippen LogP contribution >= 0.6 is 0 Å². The van der Waals surface area contributed by atoms with Crippen LogP contribution in [0.5, 0.6) is 11.5 Å². The molecule has 3 N–H and O–H groups in total. The molecule has 0 spiro atoms. The van der Waals surface area contributed by atoms with Gasteiger partial charge in [-0.1, -0.05) is 12.0 Å². The van der Waals surface area contributed by atoms with Crippen molar-refractivity contribution in [3.8, 4) is 23.3 Å². The van der Waals surface area contributed by atoms with Gasteiger partial charge in [0.15, 0.2) is 5.65 Å². The van der Waals surface area contributed by atoms with Crippen LogP contribution in [-0.2, 0) is 0 Å². The minimum Gasteiger partial charge on any atom is -0.497 e. The van der Waals surface area contributed by atoms with E-state index in [0.717, 1.165) is 18.5 Å². The Hall–Kier alpha value is -3.61. The van der Waals surface area contributed by atoms with Crippen molar-refractivity contribution in [2.45, 2.75) is 18.5 Å². The van der Waals surface area contributed by atoms with E-state index in [1.807, 2.05) is 22.9 Å². The molecule has 2 aromatic heterocycles. The van der Waals surface area contributed by atoms with E-state index in [1.165, 1.54) is 6.33 Å². The number of aromatic nitrogens is 4. The van der Waals surface area contributed by atoms with E-state index >= 15 is 0 Å². The van der Waals surface area contributed by atoms with E-state index in [0.29, 0.717) is 40.6 Å². The van der Waals surface area contributed by atoms with Crippen LogP contribution in [0.2, 0.25) is 0 Å². The molecule has 9 heteroatoms. The lowest BCUT2D eigenvalue weighted by atomic mass is 10.2. The molecule has 1 aromatic carbocycles. The molecule has 4 rings (SSSR count). The van der Waals surface area contributed by atoms with Gasteiger partial charge in [-0.05, 0) is 24.5 Å². The molecule has 3 heterocycles. The summed E-state index contributed by atoms with van der Waals surface area (Å²) in [5, 5.41) is 15.2. The highest BCUT2D eigenvalue weighted by Gasteiger charge is 2.34. The summed E-state index contributed by atoms with van der Waals surface area (Å²) < 4.78 is 12.5. The van der Waals surface area contributed by atoms with Gasteiger partial charge in [0.1, 0.15) is 29.3 Å². The average molecular weight is 435 g/mol. The van der Waals surface area contributed by atoms with Crippen molar-refractivity contribution in [3.63, 3.8) is 0 Å². The Morgan fingerprint density at radius 2 is 1.97 bits per heavy atom. The highest BCUT2D eigenvalue weighted by molar-refractivity contribution is 5.90. The fraction of sp³-hybridized carbons (Fsp3) is 0.348. The number of aliphatic hydroxyl groups is 1. The molecule has 1 fully saturated rings. The summed E-state index contributed by atoms with van der Waals surface area (Å²) in [7, 11) is 3.19. The third-order valence-corrected chi connectivity index (χ3v) is 5.62. The summed E-state index contributed by atoms with van der Waals surface area (Å²) in [5.74, 6) is 7.87. The molecule has 2 atom stereocenters. The molecule has 32 heavy (non-hydrogen) atoms. The molecule has 1 saturated heterocycles. The third-order valence-electron chi connectivity index (χ3n) is 5.62. The first-order valence-corrected chi connectivity index (χ1v) is 10.3. The van der Waals surface area contributed by atoms with Crippen molar-refractivity contribution < 1.29 is 14.6 Å². The Morgan fingerprint density at radius 3 is 2.62 bits per heavy atom. The van der Waals surface area contributed by atoms with Gasteiger partial charge < -0.3 is 20.3 Å². The molecule has 0 saturated carbocycles. The van der Waals surface area contributed by atoms with E-state index in [-0.39, 0.29) is 18.7 Å². The summed E-state index contributed by atoms with van der Waals surface area (Å²) in [6.07, 6.45) is 4.01. The predicted molar refractivity (Wildman–Crippen MR) is 122 cm³/mol. The maximum atomic E-state index is 9.79. The van der Waals surface area contributed by atoms with Gasteiger partial charge in [0.25, 0.3) is 0 Å². The zero-order chi connectivity index (χ0) is 22.7. The lowest BCUT2D eigenvalue weighted by molar-refractivity contribution is 0.170. The van der Waals surface area contributed by atoms with Crippen LogP contribution in [-0.4, -0.2) is 69.7 Å². The number of benzene rings is 1. The SMILES string of the molecule is C=CCN1C[C@@H](n2nc(C#Cc3cc(OC)cc(OC)c3)c3c(N)ncnc32)C[C@H]1CO. The van der Waals surface area contributed by atoms with E-state index in [9.17, 15) is 5.11 Å². The van der Waals surface area contributed by atoms with Crippen molar-refractivity contribution in [1.29, 1.82) is 0 Å². The Labute approximate surface area is 186 Å². The van der Waals surface area contributed by atoms with Crippen LogP contribution in [0.1, 0.15) is 23.7 Å². The third kappa shape index (κ3) is 4.10. The number of anilines is 1. The van der Waals surface area contributed by atoms with Gasteiger partial charge in [0.05, 0.1) is 32.3 Å². The van der Waals surface area contributed by atoms with Crippen LogP contribution in [0.3, 0.4) is 0 Å². The second kappa shape index (κ2) is 9.26. The number of nitrogens with two attached hydrogens (primary N) is 1. The van der Waals surface area contributed by atoms with Crippen LogP contribution in [0.25, 0.3) is 11.0 Å². The quantitative estimate of drug-likeness (QED) is 0.445. The van der Waals surface area contributed by atoms with Crippen molar-refractivity contribution in [2.75, 3.05) is 39.6 Å². The molecule has 1 aliphatic heterocycles. The first-order chi connectivity index (χ1) is 15.6. The molecule has 9 nitrogen and oxygen atoms in total. The average Bonchev–Trinajstić information content (AvgIpc) is 3.39. The summed E-state index contributed by atoms with van der Waals surface area (Å²) >= 11 is 0. The van der Waals surface area contributed by atoms with Crippen LogP contribution < -0.4 is 15.2 Å². The van der Waals surface area contributed by atoms with Gasteiger partial charge in [-0.3, -0.25) is 4.90 Å². The molecule has 3 aromatic rings. The lowest BCUT2D eigenvalue weighted by Gasteiger charge is -2.19. The number of ether oxygens (including phenoxy) is 2. The van der Waals surface area contributed by atoms with Crippen molar-refractivity contribution in [2.24, 2.45) is 0 Å². The highest BCUT2D eigenvalue weighted by Crippen LogP contribution is 2.31. The summed E-state index contributed by atoms with van der Waals surface area (Å²) in [6.45, 7) is 5.31. The molecule has 1 aliphatic rings.